The Morgan fingerprint density at radius 2 is 1.60 bits per heavy atom. The van der Waals surface area contributed by atoms with Crippen LogP contribution in [0.5, 0.6) is 11.5 Å². The predicted octanol–water partition coefficient (Wildman–Crippen LogP) is 3.77. The molecule has 6 nitrogen and oxygen atoms in total. The molecule has 0 aliphatic rings. The van der Waals surface area contributed by atoms with Crippen molar-refractivity contribution in [3.8, 4) is 11.5 Å². The van der Waals surface area contributed by atoms with Crippen molar-refractivity contribution < 1.29 is 44.9 Å². The van der Waals surface area contributed by atoms with E-state index in [-0.39, 0.29) is 21.1 Å². The molecular weight excluding hydrogens is 494 g/mol. The molecule has 132 valence electrons. The molecule has 0 aromatic heterocycles. The molecule has 25 heavy (non-hydrogen) atoms. The van der Waals surface area contributed by atoms with Crippen LogP contribution in [0, 0.1) is 19.9 Å². The Balaban J connectivity index is 0.00000104. The predicted molar refractivity (Wildman–Crippen MR) is 90.0 cm³/mol. The number of carbonyl (C=O) groups excluding carboxylic acids is 2. The molecule has 0 unspecified atom stereocenters. The third-order valence-electron chi connectivity index (χ3n) is 2.91. The molecule has 0 saturated heterocycles. The largest absolute Gasteiger partial charge is 2.00 e. The van der Waals surface area contributed by atoms with Crippen molar-refractivity contribution in [3.63, 3.8) is 0 Å². The van der Waals surface area contributed by atoms with Crippen molar-refractivity contribution in [1.29, 1.82) is 0 Å². The number of carbonyl (C=O) groups is 1. The van der Waals surface area contributed by atoms with Crippen molar-refractivity contribution in [2.45, 2.75) is 13.8 Å². The Labute approximate surface area is 161 Å². The van der Waals surface area contributed by atoms with Gasteiger partial charge in [-0.3, -0.25) is 5.32 Å². The van der Waals surface area contributed by atoms with Crippen molar-refractivity contribution in [3.05, 3.63) is 53.6 Å². The smallest absolute Gasteiger partial charge is 0.655 e. The summed E-state index contributed by atoms with van der Waals surface area (Å²) in [5, 5.41) is 2.58. The summed E-state index contributed by atoms with van der Waals surface area (Å²) >= 11 is 0. The van der Waals surface area contributed by atoms with E-state index in [9.17, 15) is 4.79 Å². The maximum absolute atomic E-state index is 11.1. The number of methoxy groups -OCH3 is 2. The van der Waals surface area contributed by atoms with Crippen LogP contribution in [0.4, 0.5) is 10.5 Å². The number of hydrogen-bond acceptors (Lipinski definition) is 5. The fraction of sp³-hybridized carbons (Fsp3) is 0.222. The molecule has 0 atom stereocenters. The van der Waals surface area contributed by atoms with Crippen LogP contribution in [-0.2, 0) is 35.3 Å². The first-order valence-corrected chi connectivity index (χ1v) is 7.02. The summed E-state index contributed by atoms with van der Waals surface area (Å²) in [7, 11) is 2.58. The number of aryl methyl sites for hydroxylation is 2. The van der Waals surface area contributed by atoms with E-state index in [0.717, 1.165) is 16.9 Å². The molecule has 0 bridgehead atoms. The number of ether oxygens (including phenoxy) is 3. The van der Waals surface area contributed by atoms with Crippen LogP contribution in [-0.4, -0.2) is 26.8 Å². The van der Waals surface area contributed by atoms with Gasteiger partial charge in [0.25, 0.3) is 0 Å². The van der Waals surface area contributed by atoms with Gasteiger partial charge in [-0.25, -0.2) is 4.79 Å². The van der Waals surface area contributed by atoms with Crippen LogP contribution in [0.3, 0.4) is 0 Å². The first kappa shape index (κ1) is 22.7. The first-order chi connectivity index (χ1) is 11.5. The Bertz CT molecular complexity index is 653. The summed E-state index contributed by atoms with van der Waals surface area (Å²) in [6, 6.07) is 13.9. The minimum absolute atomic E-state index is 0. The fourth-order valence-electron chi connectivity index (χ4n) is 1.79. The van der Waals surface area contributed by atoms with E-state index >= 15 is 0 Å². The second-order valence-electron chi connectivity index (χ2n) is 4.68. The zero-order valence-corrected chi connectivity index (χ0v) is 17.3. The quantitative estimate of drug-likeness (QED) is 0.631. The van der Waals surface area contributed by atoms with Crippen LogP contribution in [0.25, 0.3) is 0 Å². The van der Waals surface area contributed by atoms with Crippen molar-refractivity contribution in [2.75, 3.05) is 19.5 Å². The van der Waals surface area contributed by atoms with Gasteiger partial charge in [0.2, 0.25) is 0 Å². The minimum Gasteiger partial charge on any atom is -0.655 e. The average molecular weight is 513 g/mol. The number of hydrogen-bond donors (Lipinski definition) is 1. The number of nitrogens with one attached hydrogen (secondary N) is 1. The van der Waals surface area contributed by atoms with E-state index in [1.165, 1.54) is 20.7 Å². The van der Waals surface area contributed by atoms with Gasteiger partial charge in [-0.15, -0.1) is 11.1 Å². The maximum Gasteiger partial charge on any atom is 2.00 e. The Morgan fingerprint density at radius 1 is 1.08 bits per heavy atom. The van der Waals surface area contributed by atoms with Gasteiger partial charge >= 0.3 is 27.2 Å². The SMILES string of the molecule is COC(=O)Nc1ccc(Oc2c(C)c[c-]cc2C)cc1.CO[C-]=O.[W+2]. The number of amides is 1. The Hall–Kier alpha value is -2.33. The molecule has 1 amide bonds. The second-order valence-corrected chi connectivity index (χ2v) is 4.68. The van der Waals surface area contributed by atoms with E-state index in [1.807, 2.05) is 26.0 Å². The van der Waals surface area contributed by atoms with Crippen LogP contribution >= 0.6 is 0 Å². The van der Waals surface area contributed by atoms with E-state index in [2.05, 4.69) is 20.9 Å². The summed E-state index contributed by atoms with van der Waals surface area (Å²) in [5.74, 6) is 1.54. The molecule has 2 aromatic rings. The second kappa shape index (κ2) is 12.1. The van der Waals surface area contributed by atoms with Gasteiger partial charge in [-0.2, -0.15) is 18.2 Å². The zero-order chi connectivity index (χ0) is 17.9. The summed E-state index contributed by atoms with van der Waals surface area (Å²) in [6.45, 7) is 5.14. The Morgan fingerprint density at radius 3 is 2.04 bits per heavy atom. The van der Waals surface area contributed by atoms with Gasteiger partial charge in [0.1, 0.15) is 5.75 Å². The molecule has 0 fully saturated rings. The third-order valence-corrected chi connectivity index (χ3v) is 2.91. The molecule has 0 radical (unpaired) electrons. The molecule has 0 aliphatic heterocycles. The molecule has 0 aliphatic carbocycles. The van der Waals surface area contributed by atoms with Crippen molar-refractivity contribution in [1.82, 2.24) is 0 Å². The topological polar surface area (TPSA) is 73.9 Å². The van der Waals surface area contributed by atoms with E-state index in [4.69, 9.17) is 9.53 Å². The van der Waals surface area contributed by atoms with Crippen LogP contribution in [0.2, 0.25) is 0 Å². The van der Waals surface area contributed by atoms with Gasteiger partial charge < -0.3 is 19.0 Å². The molecule has 0 heterocycles. The standard InChI is InChI=1S/C16H16NO3.C2H3O2.W/c1-11-5-4-6-12(2)15(11)20-14-9-7-13(8-10-14)17-16(18)19-3;1-4-2-3;/h5-10H,1-3H3,(H,17,18);1H3;/q2*-1;+2. The van der Waals surface area contributed by atoms with Gasteiger partial charge in [0.05, 0.1) is 7.11 Å². The van der Waals surface area contributed by atoms with Crippen molar-refractivity contribution in [2.24, 2.45) is 0 Å². The van der Waals surface area contributed by atoms with Crippen molar-refractivity contribution >= 4 is 18.3 Å². The average Bonchev–Trinajstić information content (AvgIpc) is 2.60. The van der Waals surface area contributed by atoms with Gasteiger partial charge in [-0.05, 0) is 24.3 Å². The summed E-state index contributed by atoms with van der Waals surface area (Å²) in [6.07, 6.45) is -0.496. The molecule has 7 heteroatoms. The number of rotatable bonds is 4. The van der Waals surface area contributed by atoms with E-state index < -0.39 is 6.09 Å². The maximum atomic E-state index is 11.1. The normalized spacial score (nSPS) is 8.80. The van der Waals surface area contributed by atoms with Gasteiger partial charge in [0, 0.05) is 18.5 Å². The van der Waals surface area contributed by atoms with Gasteiger partial charge in [0.15, 0.2) is 0 Å². The Kier molecular flexibility index (Phi) is 11.0. The summed E-state index contributed by atoms with van der Waals surface area (Å²) in [5.41, 5.74) is 2.71. The van der Waals surface area contributed by atoms with Crippen LogP contribution < -0.4 is 10.1 Å². The summed E-state index contributed by atoms with van der Waals surface area (Å²) in [4.78, 5) is 19.9. The number of benzene rings is 2. The van der Waals surface area contributed by atoms with Crippen LogP contribution in [0.15, 0.2) is 36.4 Å². The molecule has 2 rings (SSSR count). The molecular formula is C18H19NO5W. The molecule has 1 N–H and O–H groups in total. The van der Waals surface area contributed by atoms with E-state index in [0.29, 0.717) is 11.4 Å². The van der Waals surface area contributed by atoms with E-state index in [1.54, 1.807) is 24.3 Å². The van der Waals surface area contributed by atoms with Crippen LogP contribution in [0.1, 0.15) is 11.1 Å². The molecule has 0 saturated carbocycles. The zero-order valence-electron chi connectivity index (χ0n) is 14.4. The third kappa shape index (κ3) is 7.85. The fourth-order valence-corrected chi connectivity index (χ4v) is 1.79. The van der Waals surface area contributed by atoms with Gasteiger partial charge in [-0.1, -0.05) is 20.3 Å². The minimum atomic E-state index is -0.496. The summed E-state index contributed by atoms with van der Waals surface area (Å²) < 4.78 is 14.1. The first-order valence-electron chi connectivity index (χ1n) is 7.02. The molecule has 0 spiro atoms. The number of anilines is 1. The monoisotopic (exact) mass is 513 g/mol. The molecule has 2 aromatic carbocycles.